The molecule has 4 N–H and O–H groups in total. The minimum Gasteiger partial charge on any atom is -0.497 e. The van der Waals surface area contributed by atoms with Crippen molar-refractivity contribution in [2.45, 2.75) is 24.3 Å². The van der Waals surface area contributed by atoms with E-state index in [4.69, 9.17) is 4.74 Å². The molecule has 3 aromatic rings. The number of nitrogens with one attached hydrogen (secondary N) is 3. The van der Waals surface area contributed by atoms with Gasteiger partial charge in [0.25, 0.3) is 0 Å². The topological polar surface area (TPSA) is 89.6 Å². The fourth-order valence-electron chi connectivity index (χ4n) is 5.14. The lowest BCUT2D eigenvalue weighted by Gasteiger charge is -2.46. The normalized spacial score (nSPS) is 19.7. The van der Waals surface area contributed by atoms with Crippen molar-refractivity contribution in [1.29, 1.82) is 0 Å². The summed E-state index contributed by atoms with van der Waals surface area (Å²) in [7, 11) is 1.64. The number of aromatic nitrogens is 1. The summed E-state index contributed by atoms with van der Waals surface area (Å²) in [5.41, 5.74) is 3.25. The zero-order valence-corrected chi connectivity index (χ0v) is 18.0. The summed E-state index contributed by atoms with van der Waals surface area (Å²) in [5.74, 6) is 0.331. The smallest absolute Gasteiger partial charge is 0.321 e. The molecule has 1 fully saturated rings. The maximum absolute atomic E-state index is 13.9. The summed E-state index contributed by atoms with van der Waals surface area (Å²) < 4.78 is 19.3. The summed E-state index contributed by atoms with van der Waals surface area (Å²) >= 11 is 0. The van der Waals surface area contributed by atoms with Gasteiger partial charge in [0.1, 0.15) is 11.6 Å². The van der Waals surface area contributed by atoms with Gasteiger partial charge in [0.2, 0.25) is 0 Å². The van der Waals surface area contributed by atoms with Gasteiger partial charge in [-0.05, 0) is 42.7 Å². The molecule has 1 spiro atoms. The molecule has 5 rings (SSSR count). The lowest BCUT2D eigenvalue weighted by Crippen LogP contribution is -2.53. The van der Waals surface area contributed by atoms with Crippen LogP contribution in [0.1, 0.15) is 30.1 Å². The summed E-state index contributed by atoms with van der Waals surface area (Å²) in [4.78, 5) is 18.0. The van der Waals surface area contributed by atoms with Gasteiger partial charge in [-0.2, -0.15) is 0 Å². The Morgan fingerprint density at radius 3 is 2.78 bits per heavy atom. The van der Waals surface area contributed by atoms with Crippen LogP contribution in [0.25, 0.3) is 10.9 Å². The van der Waals surface area contributed by atoms with Gasteiger partial charge < -0.3 is 30.4 Å². The third-order valence-corrected chi connectivity index (χ3v) is 6.91. The van der Waals surface area contributed by atoms with Crippen molar-refractivity contribution in [3.63, 3.8) is 0 Å². The highest BCUT2D eigenvalue weighted by atomic mass is 19.1. The molecule has 0 unspecified atom stereocenters. The molecule has 0 bridgehead atoms. The zero-order chi connectivity index (χ0) is 22.3. The van der Waals surface area contributed by atoms with Crippen molar-refractivity contribution in [3.8, 4) is 5.75 Å². The molecule has 168 valence electrons. The Kier molecular flexibility index (Phi) is 5.27. The number of nitrogens with zero attached hydrogens (tertiary/aromatic N) is 1. The fourth-order valence-corrected chi connectivity index (χ4v) is 5.14. The number of aromatic amines is 1. The number of fused-ring (bicyclic) bond motifs is 4. The van der Waals surface area contributed by atoms with E-state index in [0.717, 1.165) is 41.7 Å². The molecule has 1 aromatic heterocycles. The van der Waals surface area contributed by atoms with Crippen molar-refractivity contribution in [2.75, 3.05) is 38.7 Å². The number of amides is 2. The monoisotopic (exact) mass is 438 g/mol. The van der Waals surface area contributed by atoms with Gasteiger partial charge in [0.05, 0.1) is 25.4 Å². The highest BCUT2D eigenvalue weighted by Crippen LogP contribution is 2.46. The van der Waals surface area contributed by atoms with Crippen molar-refractivity contribution >= 4 is 22.6 Å². The number of aliphatic hydroxyl groups excluding tert-OH is 1. The molecule has 2 aromatic carbocycles. The highest BCUT2D eigenvalue weighted by molar-refractivity contribution is 5.90. The second-order valence-electron chi connectivity index (χ2n) is 8.62. The predicted octanol–water partition coefficient (Wildman–Crippen LogP) is 3.52. The first-order valence-corrected chi connectivity index (χ1v) is 10.9. The quantitative estimate of drug-likeness (QED) is 0.504. The second kappa shape index (κ2) is 8.11. The molecule has 3 heterocycles. The number of likely N-dealkylation sites (tertiary alicyclic amines) is 1. The Morgan fingerprint density at radius 1 is 1.28 bits per heavy atom. The van der Waals surface area contributed by atoms with Crippen molar-refractivity contribution in [1.82, 2.24) is 15.2 Å². The van der Waals surface area contributed by atoms with Crippen LogP contribution in [0.2, 0.25) is 0 Å². The molecule has 2 aliphatic heterocycles. The minimum absolute atomic E-state index is 0.00417. The van der Waals surface area contributed by atoms with Crippen LogP contribution in [0.5, 0.6) is 5.75 Å². The summed E-state index contributed by atoms with van der Waals surface area (Å²) in [6, 6.07) is 11.8. The molecule has 0 radical (unpaired) electrons. The van der Waals surface area contributed by atoms with Crippen LogP contribution in [0.4, 0.5) is 14.9 Å². The first kappa shape index (κ1) is 20.8. The second-order valence-corrected chi connectivity index (χ2v) is 8.62. The van der Waals surface area contributed by atoms with Crippen LogP contribution < -0.4 is 15.4 Å². The molecule has 7 nitrogen and oxygen atoms in total. The number of aliphatic hydroxyl groups is 1. The molecule has 32 heavy (non-hydrogen) atoms. The maximum Gasteiger partial charge on any atom is 0.321 e. The van der Waals surface area contributed by atoms with Crippen molar-refractivity contribution < 1.29 is 19.0 Å². The number of piperidine rings is 1. The van der Waals surface area contributed by atoms with E-state index >= 15 is 0 Å². The van der Waals surface area contributed by atoms with E-state index < -0.39 is 5.82 Å². The molecule has 8 heteroatoms. The van der Waals surface area contributed by atoms with E-state index in [1.807, 2.05) is 12.1 Å². The van der Waals surface area contributed by atoms with Gasteiger partial charge >= 0.3 is 6.03 Å². The zero-order valence-electron chi connectivity index (χ0n) is 18.0. The number of rotatable bonds is 3. The van der Waals surface area contributed by atoms with Crippen molar-refractivity contribution in [3.05, 3.63) is 59.5 Å². The van der Waals surface area contributed by atoms with Crippen LogP contribution >= 0.6 is 0 Å². The average molecular weight is 439 g/mol. The number of urea groups is 1. The lowest BCUT2D eigenvalue weighted by atomic mass is 9.69. The van der Waals surface area contributed by atoms with Crippen LogP contribution in [-0.4, -0.2) is 54.4 Å². The number of benzene rings is 2. The summed E-state index contributed by atoms with van der Waals surface area (Å²) in [6.07, 6.45) is 1.55. The number of hydrogen-bond donors (Lipinski definition) is 4. The predicted molar refractivity (Wildman–Crippen MR) is 121 cm³/mol. The Labute approximate surface area is 185 Å². The molecule has 2 amide bonds. The van der Waals surface area contributed by atoms with Crippen molar-refractivity contribution in [2.24, 2.45) is 0 Å². The van der Waals surface area contributed by atoms with Gasteiger partial charge in [-0.25, -0.2) is 9.18 Å². The van der Waals surface area contributed by atoms with Gasteiger partial charge in [-0.15, -0.1) is 0 Å². The maximum atomic E-state index is 13.9. The average Bonchev–Trinajstić information content (AvgIpc) is 3.21. The van der Waals surface area contributed by atoms with E-state index in [1.165, 1.54) is 11.6 Å². The highest BCUT2D eigenvalue weighted by Gasteiger charge is 2.44. The van der Waals surface area contributed by atoms with Gasteiger partial charge in [0, 0.05) is 47.7 Å². The SMILES string of the molecule is COc1ccc2c3c([nH]c2c1)[C@H](CO)NCC31CCN(C(=O)Nc2ccccc2F)CC1. The van der Waals surface area contributed by atoms with Gasteiger partial charge in [0.15, 0.2) is 0 Å². The van der Waals surface area contributed by atoms with Crippen LogP contribution in [0.3, 0.4) is 0 Å². The lowest BCUT2D eigenvalue weighted by molar-refractivity contribution is 0.149. The summed E-state index contributed by atoms with van der Waals surface area (Å²) in [6.45, 7) is 1.86. The first-order valence-electron chi connectivity index (χ1n) is 10.9. The number of carbonyl (C=O) groups is 1. The van der Waals surface area contributed by atoms with E-state index in [2.05, 4.69) is 21.7 Å². The Morgan fingerprint density at radius 2 is 2.06 bits per heavy atom. The molecule has 1 atom stereocenters. The number of para-hydroxylation sites is 1. The number of H-pyrrole nitrogens is 1. The van der Waals surface area contributed by atoms with Gasteiger partial charge in [-0.1, -0.05) is 12.1 Å². The first-order chi connectivity index (χ1) is 15.5. The number of anilines is 1. The van der Waals surface area contributed by atoms with E-state index in [0.29, 0.717) is 13.1 Å². The third kappa shape index (κ3) is 3.40. The van der Waals surface area contributed by atoms with Crippen LogP contribution in [0.15, 0.2) is 42.5 Å². The Bertz CT molecular complexity index is 1150. The Hall–Kier alpha value is -3.10. The summed E-state index contributed by atoms with van der Waals surface area (Å²) in [5, 5.41) is 17.2. The molecule has 0 aliphatic carbocycles. The van der Waals surface area contributed by atoms with Crippen LogP contribution in [0, 0.1) is 5.82 Å². The minimum atomic E-state index is -0.445. The molecular weight excluding hydrogens is 411 g/mol. The third-order valence-electron chi connectivity index (χ3n) is 6.91. The van der Waals surface area contributed by atoms with E-state index in [9.17, 15) is 14.3 Å². The standard InChI is InChI=1S/C24H27FN4O3/c1-32-15-6-7-16-19(12-15)27-22-20(13-30)26-14-24(21(16)22)8-10-29(11-9-24)23(31)28-18-5-3-2-4-17(18)25/h2-7,12,20,26-27,30H,8-11,13-14H2,1H3,(H,28,31)/t20-/m0/s1. The number of hydrogen-bond acceptors (Lipinski definition) is 4. The Balaban J connectivity index is 1.41. The fraction of sp³-hybridized carbons (Fsp3) is 0.375. The van der Waals surface area contributed by atoms with E-state index in [1.54, 1.807) is 30.2 Å². The molecule has 2 aliphatic rings. The van der Waals surface area contributed by atoms with Gasteiger partial charge in [-0.3, -0.25) is 0 Å². The number of carbonyl (C=O) groups excluding carboxylic acids is 1. The molecule has 1 saturated heterocycles. The number of ether oxygens (including phenoxy) is 1. The largest absolute Gasteiger partial charge is 0.497 e. The number of halogens is 1. The molecule has 0 saturated carbocycles. The van der Waals surface area contributed by atoms with E-state index in [-0.39, 0.29) is 29.8 Å². The number of methoxy groups -OCH3 is 1. The van der Waals surface area contributed by atoms with Crippen LogP contribution in [-0.2, 0) is 5.41 Å². The molecular formula is C24H27FN4O3.